The van der Waals surface area contributed by atoms with E-state index in [2.05, 4.69) is 12.2 Å². The molecule has 360 valence electrons. The quantitative estimate of drug-likeness (QED) is 0.0211. The SMILES string of the molecule is C/C=C(/C)C(=O)O[C@H]1C(C)=C2[C@H]([C@@H]1OC(=O)CCCCCCC)[C@@](C)(OC(C)=O)C[C@H](OC(=O)CCCCCCCCCCCNC(=O)[C@@H](N)CC(C)C)[C@@]1(O)[C@H]2O[C@H](O)[C@@]1(C)O. The minimum Gasteiger partial charge on any atom is -0.459 e. The van der Waals surface area contributed by atoms with Crippen LogP contribution in [-0.2, 0) is 47.7 Å². The number of hydrogen-bond donors (Lipinski definition) is 5. The number of carbonyl (C=O) groups is 5. The Bertz CT molecular complexity index is 1610. The Balaban J connectivity index is 1.76. The number of nitrogens with one attached hydrogen (secondary N) is 1. The molecule has 0 spiro atoms. The second-order valence-electron chi connectivity index (χ2n) is 18.9. The van der Waals surface area contributed by atoms with Gasteiger partial charge in [0, 0.05) is 38.3 Å². The summed E-state index contributed by atoms with van der Waals surface area (Å²) in [4.78, 5) is 65.5. The first-order valence-electron chi connectivity index (χ1n) is 23.6. The number of rotatable bonds is 26. The van der Waals surface area contributed by atoms with Crippen molar-refractivity contribution in [3.63, 3.8) is 0 Å². The highest BCUT2D eigenvalue weighted by atomic mass is 16.7. The standard InChI is InChI=1S/C48H80N2O13/c1-10-12-13-19-22-26-37(53)60-41-39-38(32(6)40(41)61-44(55)31(5)11-2)42-48(58,47(9,57)45(56)62-42)35(29-46(39,8)63-33(7)51)59-36(52)25-23-20-17-15-14-16-18-21-24-27-50-43(54)34(49)28-30(3)4/h11,30,34-35,39-42,45,56-58H,10,12-29,49H2,1-9H3,(H,50,54)/b31-11-/t34-,35-,39+,40-,41-,42-,45-,46-,47+,48+/m0/s1. The van der Waals surface area contributed by atoms with Crippen LogP contribution in [0.4, 0.5) is 0 Å². The van der Waals surface area contributed by atoms with E-state index in [1.165, 1.54) is 13.8 Å². The number of esters is 4. The van der Waals surface area contributed by atoms with Gasteiger partial charge in [-0.25, -0.2) is 4.79 Å². The maximum atomic E-state index is 13.6. The molecule has 3 rings (SSSR count). The van der Waals surface area contributed by atoms with Gasteiger partial charge in [-0.1, -0.05) is 97.5 Å². The minimum absolute atomic E-state index is 0.00555. The van der Waals surface area contributed by atoms with E-state index >= 15 is 0 Å². The zero-order valence-corrected chi connectivity index (χ0v) is 39.6. The number of hydrogen-bond acceptors (Lipinski definition) is 14. The van der Waals surface area contributed by atoms with Gasteiger partial charge in [-0.05, 0) is 77.4 Å². The van der Waals surface area contributed by atoms with E-state index in [0.29, 0.717) is 37.3 Å². The normalized spacial score (nSPS) is 29.7. The van der Waals surface area contributed by atoms with Crippen LogP contribution < -0.4 is 11.1 Å². The molecule has 10 atom stereocenters. The Hall–Kier alpha value is -3.37. The molecule has 3 aliphatic rings. The first-order chi connectivity index (χ1) is 29.7. The van der Waals surface area contributed by atoms with Crippen molar-refractivity contribution in [2.75, 3.05) is 6.54 Å². The van der Waals surface area contributed by atoms with Crippen molar-refractivity contribution >= 4 is 29.8 Å². The molecule has 1 saturated carbocycles. The van der Waals surface area contributed by atoms with Crippen molar-refractivity contribution in [3.8, 4) is 0 Å². The molecule has 63 heavy (non-hydrogen) atoms. The van der Waals surface area contributed by atoms with Crippen LogP contribution >= 0.6 is 0 Å². The molecule has 0 radical (unpaired) electrons. The molecule has 1 saturated heterocycles. The fourth-order valence-corrected chi connectivity index (χ4v) is 9.41. The molecule has 0 unspecified atom stereocenters. The maximum absolute atomic E-state index is 13.6. The second kappa shape index (κ2) is 24.8. The predicted molar refractivity (Wildman–Crippen MR) is 236 cm³/mol. The van der Waals surface area contributed by atoms with Gasteiger partial charge in [0.15, 0.2) is 24.1 Å². The van der Waals surface area contributed by atoms with Crippen LogP contribution in [-0.4, -0.2) is 105 Å². The van der Waals surface area contributed by atoms with Gasteiger partial charge in [0.25, 0.3) is 0 Å². The number of aliphatic hydroxyl groups excluding tert-OH is 1. The van der Waals surface area contributed by atoms with Gasteiger partial charge in [0.05, 0.1) is 12.0 Å². The Kier molecular flexibility index (Phi) is 21.2. The lowest BCUT2D eigenvalue weighted by Crippen LogP contribution is -2.65. The molecular weight excluding hydrogens is 813 g/mol. The first kappa shape index (κ1) is 54.0. The summed E-state index contributed by atoms with van der Waals surface area (Å²) >= 11 is 0. The molecule has 2 fully saturated rings. The van der Waals surface area contributed by atoms with Gasteiger partial charge in [-0.15, -0.1) is 0 Å². The van der Waals surface area contributed by atoms with Crippen LogP contribution in [0.15, 0.2) is 22.8 Å². The van der Waals surface area contributed by atoms with Crippen molar-refractivity contribution in [2.24, 2.45) is 17.6 Å². The summed E-state index contributed by atoms with van der Waals surface area (Å²) in [6.07, 6.45) is 6.94. The zero-order valence-electron chi connectivity index (χ0n) is 39.6. The van der Waals surface area contributed by atoms with Crippen molar-refractivity contribution in [1.29, 1.82) is 0 Å². The van der Waals surface area contributed by atoms with Crippen LogP contribution in [0.3, 0.4) is 0 Å². The third-order valence-electron chi connectivity index (χ3n) is 13.1. The predicted octanol–water partition coefficient (Wildman–Crippen LogP) is 6.31. The third-order valence-corrected chi connectivity index (χ3v) is 13.1. The summed E-state index contributed by atoms with van der Waals surface area (Å²) < 4.78 is 30.3. The summed E-state index contributed by atoms with van der Waals surface area (Å²) in [6.45, 7) is 15.6. The number of nitrogens with two attached hydrogens (primary N) is 1. The Labute approximate surface area is 375 Å². The Morgan fingerprint density at radius 3 is 1.94 bits per heavy atom. The molecule has 0 aromatic heterocycles. The third kappa shape index (κ3) is 14.1. The highest BCUT2D eigenvalue weighted by Crippen LogP contribution is 2.58. The van der Waals surface area contributed by atoms with Gasteiger partial charge in [-0.2, -0.15) is 0 Å². The number of fused-ring (bicyclic) bond motifs is 3. The topological polar surface area (TPSA) is 230 Å². The van der Waals surface area contributed by atoms with Crippen LogP contribution in [0.25, 0.3) is 0 Å². The monoisotopic (exact) mass is 893 g/mol. The minimum atomic E-state index is -2.51. The molecule has 1 aliphatic heterocycles. The van der Waals surface area contributed by atoms with E-state index in [9.17, 15) is 39.3 Å². The number of amides is 1. The van der Waals surface area contributed by atoms with Crippen LogP contribution in [0.2, 0.25) is 0 Å². The van der Waals surface area contributed by atoms with Crippen LogP contribution in [0, 0.1) is 11.8 Å². The largest absolute Gasteiger partial charge is 0.459 e. The van der Waals surface area contributed by atoms with Gasteiger partial charge < -0.3 is 50.1 Å². The van der Waals surface area contributed by atoms with Crippen LogP contribution in [0.5, 0.6) is 0 Å². The number of unbranched alkanes of at least 4 members (excludes halogenated alkanes) is 12. The molecule has 1 amide bonds. The average Bonchev–Trinajstić information content (AvgIpc) is 3.54. The van der Waals surface area contributed by atoms with E-state index in [4.69, 9.17) is 29.4 Å². The number of carbonyl (C=O) groups excluding carboxylic acids is 5. The van der Waals surface area contributed by atoms with Gasteiger partial charge >= 0.3 is 23.9 Å². The number of allylic oxidation sites excluding steroid dienone is 1. The fraction of sp³-hybridized carbons (Fsp3) is 0.812. The molecule has 1 heterocycles. The van der Waals surface area contributed by atoms with Crippen LogP contribution in [0.1, 0.15) is 178 Å². The van der Waals surface area contributed by atoms with E-state index in [1.54, 1.807) is 33.8 Å². The maximum Gasteiger partial charge on any atom is 0.334 e. The fourth-order valence-electron chi connectivity index (χ4n) is 9.41. The first-order valence-corrected chi connectivity index (χ1v) is 23.6. The summed E-state index contributed by atoms with van der Waals surface area (Å²) in [5.41, 5.74) is 0.126. The number of aliphatic hydroxyl groups is 3. The summed E-state index contributed by atoms with van der Waals surface area (Å²) in [7, 11) is 0. The Morgan fingerprint density at radius 1 is 0.857 bits per heavy atom. The molecule has 15 nitrogen and oxygen atoms in total. The molecule has 2 aliphatic carbocycles. The molecule has 15 heteroatoms. The molecule has 0 bridgehead atoms. The average molecular weight is 893 g/mol. The van der Waals surface area contributed by atoms with Gasteiger partial charge in [-0.3, -0.25) is 19.2 Å². The van der Waals surface area contributed by atoms with E-state index < -0.39 is 89.8 Å². The number of ether oxygens (including phenoxy) is 5. The van der Waals surface area contributed by atoms with E-state index in [1.807, 2.05) is 13.8 Å². The lowest BCUT2D eigenvalue weighted by molar-refractivity contribution is -0.228. The highest BCUT2D eigenvalue weighted by molar-refractivity contribution is 5.88. The van der Waals surface area contributed by atoms with Crippen molar-refractivity contribution in [3.05, 3.63) is 22.8 Å². The van der Waals surface area contributed by atoms with E-state index in [0.717, 1.165) is 77.0 Å². The van der Waals surface area contributed by atoms with Gasteiger partial charge in [0.2, 0.25) is 5.91 Å². The lowest BCUT2D eigenvalue weighted by Gasteiger charge is -2.43. The summed E-state index contributed by atoms with van der Waals surface area (Å²) in [5.74, 6) is -3.49. The zero-order chi connectivity index (χ0) is 47.1. The van der Waals surface area contributed by atoms with Crippen molar-refractivity contribution in [1.82, 2.24) is 5.32 Å². The second-order valence-corrected chi connectivity index (χ2v) is 18.9. The summed E-state index contributed by atoms with van der Waals surface area (Å²) in [5, 5.41) is 38.7. The van der Waals surface area contributed by atoms with E-state index in [-0.39, 0.29) is 29.9 Å². The van der Waals surface area contributed by atoms with Crippen molar-refractivity contribution < 1.29 is 63.0 Å². The summed E-state index contributed by atoms with van der Waals surface area (Å²) in [6, 6.07) is -0.469. The molecular formula is C48H80N2O13. The van der Waals surface area contributed by atoms with Gasteiger partial charge in [0.1, 0.15) is 23.4 Å². The highest BCUT2D eigenvalue weighted by Gasteiger charge is 2.75. The Morgan fingerprint density at radius 2 is 1.40 bits per heavy atom. The van der Waals surface area contributed by atoms with Crippen molar-refractivity contribution in [2.45, 2.75) is 231 Å². The molecule has 0 aromatic rings. The molecule has 6 N–H and O–H groups in total. The lowest BCUT2D eigenvalue weighted by atomic mass is 9.75. The molecule has 0 aromatic carbocycles. The smallest absolute Gasteiger partial charge is 0.334 e.